The van der Waals surface area contributed by atoms with Crippen LogP contribution in [-0.4, -0.2) is 47.4 Å². The van der Waals surface area contributed by atoms with Gasteiger partial charge in [-0.05, 0) is 77.0 Å². The molecule has 2 unspecified atom stereocenters. The highest BCUT2D eigenvalue weighted by molar-refractivity contribution is 5.76. The molecule has 0 aromatic carbocycles. The number of nitrogens with one attached hydrogen (secondary N) is 1. The zero-order valence-electron chi connectivity index (χ0n) is 40.2. The van der Waals surface area contributed by atoms with Crippen molar-refractivity contribution in [1.82, 2.24) is 5.32 Å². The van der Waals surface area contributed by atoms with Gasteiger partial charge < -0.3 is 20.3 Å². The van der Waals surface area contributed by atoms with Crippen LogP contribution in [0, 0.1) is 0 Å². The topological polar surface area (TPSA) is 95.9 Å². The van der Waals surface area contributed by atoms with Gasteiger partial charge in [-0.3, -0.25) is 9.59 Å². The van der Waals surface area contributed by atoms with E-state index >= 15 is 0 Å². The molecular formula is C54H103NO5. The Morgan fingerprint density at radius 2 is 0.783 bits per heavy atom. The number of amides is 1. The third-order valence-electron chi connectivity index (χ3n) is 12.2. The van der Waals surface area contributed by atoms with Crippen LogP contribution < -0.4 is 5.32 Å². The molecule has 0 aromatic heterocycles. The van der Waals surface area contributed by atoms with E-state index in [1.54, 1.807) is 0 Å². The van der Waals surface area contributed by atoms with Crippen molar-refractivity contribution in [3.05, 3.63) is 24.3 Å². The summed E-state index contributed by atoms with van der Waals surface area (Å²) in [7, 11) is 0. The lowest BCUT2D eigenvalue weighted by atomic mass is 10.0. The fourth-order valence-electron chi connectivity index (χ4n) is 8.10. The molecule has 6 heteroatoms. The van der Waals surface area contributed by atoms with Gasteiger partial charge in [0.05, 0.1) is 25.4 Å². The fraction of sp³-hybridized carbons (Fsp3) is 0.889. The van der Waals surface area contributed by atoms with Crippen molar-refractivity contribution in [2.24, 2.45) is 0 Å². The van der Waals surface area contributed by atoms with Gasteiger partial charge >= 0.3 is 5.97 Å². The molecule has 0 aliphatic carbocycles. The summed E-state index contributed by atoms with van der Waals surface area (Å²) in [5, 5.41) is 23.2. The predicted octanol–water partition coefficient (Wildman–Crippen LogP) is 15.9. The molecule has 0 aromatic rings. The lowest BCUT2D eigenvalue weighted by Gasteiger charge is -2.22. The molecule has 0 aliphatic heterocycles. The van der Waals surface area contributed by atoms with Crippen LogP contribution in [0.25, 0.3) is 0 Å². The molecule has 0 spiro atoms. The summed E-state index contributed by atoms with van der Waals surface area (Å²) in [5.41, 5.74) is 0. The Labute approximate surface area is 373 Å². The Balaban J connectivity index is 3.48. The van der Waals surface area contributed by atoms with Gasteiger partial charge in [-0.25, -0.2) is 0 Å². The van der Waals surface area contributed by atoms with Crippen molar-refractivity contribution in [2.45, 2.75) is 296 Å². The number of aliphatic hydroxyl groups excluding tert-OH is 2. The van der Waals surface area contributed by atoms with Crippen molar-refractivity contribution in [3.8, 4) is 0 Å². The van der Waals surface area contributed by atoms with Crippen LogP contribution in [0.4, 0.5) is 0 Å². The summed E-state index contributed by atoms with van der Waals surface area (Å²) in [4.78, 5) is 24.4. The van der Waals surface area contributed by atoms with E-state index in [4.69, 9.17) is 4.74 Å². The average Bonchev–Trinajstić information content (AvgIpc) is 3.25. The second-order valence-corrected chi connectivity index (χ2v) is 18.2. The number of carbonyl (C=O) groups excluding carboxylic acids is 2. The first kappa shape index (κ1) is 58.3. The number of rotatable bonds is 49. The number of hydrogen-bond acceptors (Lipinski definition) is 5. The van der Waals surface area contributed by atoms with Crippen molar-refractivity contribution in [2.75, 3.05) is 13.2 Å². The van der Waals surface area contributed by atoms with E-state index in [2.05, 4.69) is 43.5 Å². The molecule has 6 nitrogen and oxygen atoms in total. The van der Waals surface area contributed by atoms with Crippen LogP contribution in [-0.2, 0) is 14.3 Å². The van der Waals surface area contributed by atoms with Crippen molar-refractivity contribution in [1.29, 1.82) is 0 Å². The average molecular weight is 846 g/mol. The third kappa shape index (κ3) is 45.9. The predicted molar refractivity (Wildman–Crippen MR) is 260 cm³/mol. The van der Waals surface area contributed by atoms with Gasteiger partial charge in [-0.1, -0.05) is 218 Å². The molecule has 1 amide bonds. The third-order valence-corrected chi connectivity index (χ3v) is 12.2. The fourth-order valence-corrected chi connectivity index (χ4v) is 8.10. The first-order chi connectivity index (χ1) is 29.5. The van der Waals surface area contributed by atoms with E-state index < -0.39 is 12.1 Å². The van der Waals surface area contributed by atoms with Crippen LogP contribution >= 0.6 is 0 Å². The van der Waals surface area contributed by atoms with Crippen molar-refractivity contribution >= 4 is 11.9 Å². The summed E-state index contributed by atoms with van der Waals surface area (Å²) >= 11 is 0. The molecule has 0 rings (SSSR count). The summed E-state index contributed by atoms with van der Waals surface area (Å²) < 4.78 is 5.44. The van der Waals surface area contributed by atoms with Crippen LogP contribution in [0.15, 0.2) is 24.3 Å². The van der Waals surface area contributed by atoms with Gasteiger partial charge in [0.2, 0.25) is 5.91 Å². The number of allylic oxidation sites excluding steroid dienone is 4. The molecule has 60 heavy (non-hydrogen) atoms. The van der Waals surface area contributed by atoms with E-state index in [0.717, 1.165) is 64.2 Å². The molecule has 0 fully saturated rings. The van der Waals surface area contributed by atoms with E-state index in [1.165, 1.54) is 186 Å². The normalized spacial score (nSPS) is 12.8. The Morgan fingerprint density at radius 1 is 0.450 bits per heavy atom. The molecule has 0 saturated heterocycles. The minimum atomic E-state index is -0.674. The standard InChI is InChI=1S/C54H103NO5/c1-3-5-7-9-11-13-15-17-20-23-26-30-34-38-42-46-52(57)51(50-56)55-53(58)47-43-39-35-31-27-24-21-18-19-22-25-29-33-37-41-45-49-60-54(59)48-44-40-36-32-28-16-14-12-10-8-6-4-2/h12,14,18,21,51-52,56-57H,3-11,13,15-17,19-20,22-50H2,1-2H3,(H,55,58)/b14-12-,21-18-. The van der Waals surface area contributed by atoms with Crippen molar-refractivity contribution in [3.63, 3.8) is 0 Å². The van der Waals surface area contributed by atoms with Crippen LogP contribution in [0.3, 0.4) is 0 Å². The Hall–Kier alpha value is -1.66. The van der Waals surface area contributed by atoms with Crippen molar-refractivity contribution < 1.29 is 24.5 Å². The number of carbonyl (C=O) groups is 2. The van der Waals surface area contributed by atoms with Crippen LogP contribution in [0.1, 0.15) is 284 Å². The van der Waals surface area contributed by atoms with E-state index in [0.29, 0.717) is 25.9 Å². The maximum absolute atomic E-state index is 12.4. The number of ether oxygens (including phenoxy) is 1. The quantitative estimate of drug-likeness (QED) is 0.0322. The first-order valence-corrected chi connectivity index (χ1v) is 26.6. The molecule has 354 valence electrons. The minimum absolute atomic E-state index is 0.0130. The van der Waals surface area contributed by atoms with Gasteiger partial charge in [0.15, 0.2) is 0 Å². The van der Waals surface area contributed by atoms with E-state index in [1.807, 2.05) is 0 Å². The SMILES string of the molecule is CCCCC/C=C\CCCCCCCC(=O)OCCCCCCCCC/C=C\CCCCCCCC(=O)NC(CO)C(O)CCCCCCCCCCCCCCCCC. The lowest BCUT2D eigenvalue weighted by molar-refractivity contribution is -0.143. The summed E-state index contributed by atoms with van der Waals surface area (Å²) in [5.74, 6) is -0.0647. The smallest absolute Gasteiger partial charge is 0.305 e. The Morgan fingerprint density at radius 3 is 1.22 bits per heavy atom. The van der Waals surface area contributed by atoms with E-state index in [9.17, 15) is 19.8 Å². The van der Waals surface area contributed by atoms with E-state index in [-0.39, 0.29) is 18.5 Å². The molecule has 3 N–H and O–H groups in total. The highest BCUT2D eigenvalue weighted by atomic mass is 16.5. The number of aliphatic hydroxyl groups is 2. The Kier molecular flexibility index (Phi) is 48.6. The zero-order valence-corrected chi connectivity index (χ0v) is 40.2. The zero-order chi connectivity index (χ0) is 43.7. The lowest BCUT2D eigenvalue weighted by Crippen LogP contribution is -2.45. The molecule has 0 bridgehead atoms. The highest BCUT2D eigenvalue weighted by Crippen LogP contribution is 2.16. The minimum Gasteiger partial charge on any atom is -0.466 e. The maximum atomic E-state index is 12.4. The number of hydrogen-bond donors (Lipinski definition) is 3. The second kappa shape index (κ2) is 50.0. The monoisotopic (exact) mass is 846 g/mol. The largest absolute Gasteiger partial charge is 0.466 e. The summed E-state index contributed by atoms with van der Waals surface area (Å²) in [6.45, 7) is 4.90. The molecule has 2 atom stereocenters. The van der Waals surface area contributed by atoms with Crippen LogP contribution in [0.2, 0.25) is 0 Å². The molecule has 0 aliphatic rings. The number of esters is 1. The maximum Gasteiger partial charge on any atom is 0.305 e. The van der Waals surface area contributed by atoms with Gasteiger partial charge in [-0.15, -0.1) is 0 Å². The molecule has 0 heterocycles. The highest BCUT2D eigenvalue weighted by Gasteiger charge is 2.20. The molecule has 0 saturated carbocycles. The van der Waals surface area contributed by atoms with Gasteiger partial charge in [-0.2, -0.15) is 0 Å². The second-order valence-electron chi connectivity index (χ2n) is 18.2. The van der Waals surface area contributed by atoms with Gasteiger partial charge in [0.1, 0.15) is 0 Å². The van der Waals surface area contributed by atoms with Gasteiger partial charge in [0, 0.05) is 12.8 Å². The number of unbranched alkanes of at least 4 members (excludes halogenated alkanes) is 34. The summed E-state index contributed by atoms with van der Waals surface area (Å²) in [6.07, 6.45) is 58.6. The first-order valence-electron chi connectivity index (χ1n) is 26.6. The molecule has 0 radical (unpaired) electrons. The Bertz CT molecular complexity index is 935. The van der Waals surface area contributed by atoms with Gasteiger partial charge in [0.25, 0.3) is 0 Å². The molecular weight excluding hydrogens is 743 g/mol. The van der Waals surface area contributed by atoms with Crippen LogP contribution in [0.5, 0.6) is 0 Å². The summed E-state index contributed by atoms with van der Waals surface area (Å²) in [6, 6.07) is -0.553.